The van der Waals surface area contributed by atoms with Crippen molar-refractivity contribution in [2.75, 3.05) is 6.54 Å². The Morgan fingerprint density at radius 2 is 2.44 bits per heavy atom. The Bertz CT molecular complexity index is 296. The van der Waals surface area contributed by atoms with E-state index in [0.717, 1.165) is 18.2 Å². The molecule has 0 spiro atoms. The fourth-order valence-corrected chi connectivity index (χ4v) is 2.88. The second-order valence-corrected chi connectivity index (χ2v) is 4.96. The van der Waals surface area contributed by atoms with Crippen LogP contribution in [0.2, 0.25) is 0 Å². The summed E-state index contributed by atoms with van der Waals surface area (Å²) in [6.07, 6.45) is 7.21. The minimum absolute atomic E-state index is 0.381. The molecule has 1 aromatic rings. The summed E-state index contributed by atoms with van der Waals surface area (Å²) in [7, 11) is 0. The molecular formula is C12H22N4. The molecule has 0 bridgehead atoms. The molecule has 90 valence electrons. The number of rotatable bonds is 4. The topological polar surface area (TPSA) is 53.6 Å². The third-order valence-electron chi connectivity index (χ3n) is 3.62. The molecule has 4 nitrogen and oxygen atoms in total. The van der Waals surface area contributed by atoms with Gasteiger partial charge in [0.1, 0.15) is 0 Å². The molecule has 16 heavy (non-hydrogen) atoms. The lowest BCUT2D eigenvalue weighted by molar-refractivity contribution is 0.222. The molecule has 0 radical (unpaired) electrons. The van der Waals surface area contributed by atoms with Crippen LogP contribution in [-0.4, -0.2) is 22.0 Å². The predicted octanol–water partition coefficient (Wildman–Crippen LogP) is 2.28. The first-order valence-electron chi connectivity index (χ1n) is 6.40. The zero-order valence-corrected chi connectivity index (χ0v) is 10.2. The van der Waals surface area contributed by atoms with Crippen molar-refractivity contribution in [3.63, 3.8) is 0 Å². The third-order valence-corrected chi connectivity index (χ3v) is 3.62. The molecule has 0 saturated heterocycles. The van der Waals surface area contributed by atoms with Crippen molar-refractivity contribution in [3.05, 3.63) is 11.9 Å². The molecule has 1 fully saturated rings. The summed E-state index contributed by atoms with van der Waals surface area (Å²) in [6, 6.07) is 0.381. The van der Waals surface area contributed by atoms with Gasteiger partial charge in [-0.15, -0.1) is 0 Å². The summed E-state index contributed by atoms with van der Waals surface area (Å²) in [6.45, 7) is 5.50. The van der Waals surface area contributed by atoms with Crippen molar-refractivity contribution in [2.24, 2.45) is 11.8 Å². The van der Waals surface area contributed by atoms with Gasteiger partial charge in [0.25, 0.3) is 0 Å². The molecule has 2 rings (SSSR count). The highest BCUT2D eigenvalue weighted by Crippen LogP contribution is 2.36. The summed E-state index contributed by atoms with van der Waals surface area (Å²) in [5.41, 5.74) is 1.07. The zero-order valence-electron chi connectivity index (χ0n) is 10.2. The number of H-pyrrole nitrogens is 1. The van der Waals surface area contributed by atoms with E-state index in [0.29, 0.717) is 12.0 Å². The van der Waals surface area contributed by atoms with Crippen LogP contribution >= 0.6 is 0 Å². The third kappa shape index (κ3) is 2.61. The van der Waals surface area contributed by atoms with E-state index >= 15 is 0 Å². The number of aromatic nitrogens is 3. The second kappa shape index (κ2) is 5.43. The van der Waals surface area contributed by atoms with Crippen LogP contribution < -0.4 is 5.32 Å². The Hall–Kier alpha value is -0.900. The molecule has 1 saturated carbocycles. The Balaban J connectivity index is 2.06. The van der Waals surface area contributed by atoms with E-state index < -0.39 is 0 Å². The standard InChI is InChI=1S/C12H22N4/c1-3-13-12(11-8-14-16-15-11)10-6-4-5-9(2)7-10/h8-10,12-13H,3-7H2,1-2H3,(H,14,15,16). The van der Waals surface area contributed by atoms with E-state index in [1.807, 2.05) is 6.20 Å². The van der Waals surface area contributed by atoms with Gasteiger partial charge in [0, 0.05) is 0 Å². The van der Waals surface area contributed by atoms with Crippen molar-refractivity contribution in [1.29, 1.82) is 0 Å². The first kappa shape index (κ1) is 11.6. The quantitative estimate of drug-likeness (QED) is 0.821. The van der Waals surface area contributed by atoms with Crippen LogP contribution in [-0.2, 0) is 0 Å². The van der Waals surface area contributed by atoms with Gasteiger partial charge in [0.05, 0.1) is 17.9 Å². The molecule has 0 aliphatic heterocycles. The fourth-order valence-electron chi connectivity index (χ4n) is 2.88. The van der Waals surface area contributed by atoms with Gasteiger partial charge >= 0.3 is 0 Å². The van der Waals surface area contributed by atoms with E-state index in [9.17, 15) is 0 Å². The fraction of sp³-hybridized carbons (Fsp3) is 0.833. The van der Waals surface area contributed by atoms with E-state index in [2.05, 4.69) is 34.6 Å². The Kier molecular flexibility index (Phi) is 3.93. The Morgan fingerprint density at radius 3 is 3.06 bits per heavy atom. The van der Waals surface area contributed by atoms with Gasteiger partial charge in [-0.1, -0.05) is 26.7 Å². The lowest BCUT2D eigenvalue weighted by atomic mass is 9.78. The Labute approximate surface area is 97.2 Å². The maximum absolute atomic E-state index is 4.24. The van der Waals surface area contributed by atoms with Gasteiger partial charge in [-0.3, -0.25) is 0 Å². The van der Waals surface area contributed by atoms with Crippen molar-refractivity contribution in [2.45, 2.75) is 45.6 Å². The SMILES string of the molecule is CCNC(c1cn[nH]n1)C1CCCC(C)C1. The van der Waals surface area contributed by atoms with Crippen molar-refractivity contribution >= 4 is 0 Å². The van der Waals surface area contributed by atoms with Crippen LogP contribution in [0.3, 0.4) is 0 Å². The van der Waals surface area contributed by atoms with Gasteiger partial charge in [0.2, 0.25) is 0 Å². The van der Waals surface area contributed by atoms with Crippen molar-refractivity contribution in [1.82, 2.24) is 20.7 Å². The van der Waals surface area contributed by atoms with Crippen LogP contribution in [0.5, 0.6) is 0 Å². The van der Waals surface area contributed by atoms with Crippen molar-refractivity contribution in [3.8, 4) is 0 Å². The summed E-state index contributed by atoms with van der Waals surface area (Å²) >= 11 is 0. The average molecular weight is 222 g/mol. The van der Waals surface area contributed by atoms with Crippen LogP contribution in [0.25, 0.3) is 0 Å². The predicted molar refractivity (Wildman–Crippen MR) is 63.9 cm³/mol. The van der Waals surface area contributed by atoms with E-state index in [4.69, 9.17) is 0 Å². The molecule has 2 N–H and O–H groups in total. The zero-order chi connectivity index (χ0) is 11.4. The van der Waals surface area contributed by atoms with Gasteiger partial charge in [0.15, 0.2) is 0 Å². The molecule has 0 amide bonds. The largest absolute Gasteiger partial charge is 0.309 e. The molecule has 1 aliphatic carbocycles. The summed E-state index contributed by atoms with van der Waals surface area (Å²) < 4.78 is 0. The minimum atomic E-state index is 0.381. The van der Waals surface area contributed by atoms with E-state index in [1.54, 1.807) is 0 Å². The number of aromatic amines is 1. The van der Waals surface area contributed by atoms with E-state index in [-0.39, 0.29) is 0 Å². The maximum atomic E-state index is 4.24. The highest BCUT2D eigenvalue weighted by Gasteiger charge is 2.28. The number of hydrogen-bond acceptors (Lipinski definition) is 3. The highest BCUT2D eigenvalue weighted by molar-refractivity contribution is 5.02. The van der Waals surface area contributed by atoms with Crippen LogP contribution in [0.15, 0.2) is 6.20 Å². The smallest absolute Gasteiger partial charge is 0.0996 e. The van der Waals surface area contributed by atoms with Crippen LogP contribution in [0, 0.1) is 11.8 Å². The molecule has 4 heteroatoms. The van der Waals surface area contributed by atoms with Crippen LogP contribution in [0.1, 0.15) is 51.3 Å². The minimum Gasteiger partial charge on any atom is -0.309 e. The molecule has 3 atom stereocenters. The van der Waals surface area contributed by atoms with Crippen LogP contribution in [0.4, 0.5) is 0 Å². The molecule has 1 aromatic heterocycles. The normalized spacial score (nSPS) is 27.9. The monoisotopic (exact) mass is 222 g/mol. The molecule has 1 aliphatic rings. The first-order chi connectivity index (χ1) is 7.81. The lowest BCUT2D eigenvalue weighted by Crippen LogP contribution is -2.31. The molecule has 0 aromatic carbocycles. The molecular weight excluding hydrogens is 200 g/mol. The Morgan fingerprint density at radius 1 is 1.56 bits per heavy atom. The van der Waals surface area contributed by atoms with E-state index in [1.165, 1.54) is 25.7 Å². The summed E-state index contributed by atoms with van der Waals surface area (Å²) in [4.78, 5) is 0. The number of nitrogens with zero attached hydrogens (tertiary/aromatic N) is 2. The number of hydrogen-bond donors (Lipinski definition) is 2. The summed E-state index contributed by atoms with van der Waals surface area (Å²) in [5.74, 6) is 1.57. The van der Waals surface area contributed by atoms with Crippen molar-refractivity contribution < 1.29 is 0 Å². The van der Waals surface area contributed by atoms with Gasteiger partial charge in [-0.2, -0.15) is 15.4 Å². The van der Waals surface area contributed by atoms with Gasteiger partial charge in [-0.05, 0) is 31.2 Å². The average Bonchev–Trinajstić information content (AvgIpc) is 2.79. The summed E-state index contributed by atoms with van der Waals surface area (Å²) in [5, 5.41) is 14.4. The lowest BCUT2D eigenvalue weighted by Gasteiger charge is -2.32. The van der Waals surface area contributed by atoms with Gasteiger partial charge in [-0.25, -0.2) is 0 Å². The molecule has 1 heterocycles. The van der Waals surface area contributed by atoms with Gasteiger partial charge < -0.3 is 5.32 Å². The highest BCUT2D eigenvalue weighted by atomic mass is 15.3. The molecule has 3 unspecified atom stereocenters. The first-order valence-corrected chi connectivity index (χ1v) is 6.40. The second-order valence-electron chi connectivity index (χ2n) is 4.96. The number of nitrogens with one attached hydrogen (secondary N) is 2. The maximum Gasteiger partial charge on any atom is 0.0996 e.